The van der Waals surface area contributed by atoms with E-state index in [9.17, 15) is 14.4 Å². The normalized spacial score (nSPS) is 14.0. The van der Waals surface area contributed by atoms with Gasteiger partial charge in [0.15, 0.2) is 5.78 Å². The lowest BCUT2D eigenvalue weighted by Gasteiger charge is -2.10. The fraction of sp³-hybridized carbons (Fsp3) is 0.294. The summed E-state index contributed by atoms with van der Waals surface area (Å²) in [6, 6.07) is 3.68. The average molecular weight is 367 g/mol. The zero-order chi connectivity index (χ0) is 19.6. The Morgan fingerprint density at radius 1 is 1.19 bits per heavy atom. The molecule has 1 unspecified atom stereocenters. The Labute approximate surface area is 154 Å². The number of hydrogen-bond acceptors (Lipinski definition) is 8. The summed E-state index contributed by atoms with van der Waals surface area (Å²) >= 11 is 0. The quantitative estimate of drug-likeness (QED) is 0.609. The number of amides is 2. The van der Waals surface area contributed by atoms with E-state index < -0.39 is 17.7 Å². The molecule has 2 N–H and O–H groups in total. The van der Waals surface area contributed by atoms with Gasteiger partial charge in [-0.05, 0) is 38.5 Å². The summed E-state index contributed by atoms with van der Waals surface area (Å²) in [6.07, 6.45) is 0.304. The Morgan fingerprint density at radius 2 is 1.89 bits per heavy atom. The highest BCUT2D eigenvalue weighted by Gasteiger charge is 2.24. The summed E-state index contributed by atoms with van der Waals surface area (Å²) in [5, 5.41) is 12.9. The molecule has 0 saturated heterocycles. The summed E-state index contributed by atoms with van der Waals surface area (Å²) in [6.45, 7) is 4.60. The number of hydrogen-bond donors (Lipinski definition) is 2. The van der Waals surface area contributed by atoms with E-state index in [1.54, 1.807) is 32.0 Å². The summed E-state index contributed by atoms with van der Waals surface area (Å²) in [4.78, 5) is 47.7. The van der Waals surface area contributed by atoms with Crippen LogP contribution in [0.1, 0.15) is 24.1 Å². The second-order valence-corrected chi connectivity index (χ2v) is 6.04. The van der Waals surface area contributed by atoms with Crippen LogP contribution in [0.25, 0.3) is 0 Å². The molecule has 0 bridgehead atoms. The molecule has 0 radical (unpaired) electrons. The maximum Gasteiger partial charge on any atom is 0.271 e. The molecule has 1 aliphatic heterocycles. The first kappa shape index (κ1) is 18.2. The minimum atomic E-state index is -1.34. The van der Waals surface area contributed by atoms with E-state index in [4.69, 9.17) is 0 Å². The van der Waals surface area contributed by atoms with Crippen molar-refractivity contribution >= 4 is 34.9 Å². The van der Waals surface area contributed by atoms with Crippen molar-refractivity contribution in [2.24, 2.45) is 10.2 Å². The molecule has 1 aromatic heterocycles. The molecule has 0 spiro atoms. The molecule has 1 atom stereocenters. The van der Waals surface area contributed by atoms with Crippen LogP contribution < -0.4 is 10.6 Å². The van der Waals surface area contributed by atoms with Gasteiger partial charge in [-0.1, -0.05) is 6.07 Å². The zero-order valence-electron chi connectivity index (χ0n) is 15.0. The van der Waals surface area contributed by atoms with E-state index in [1.807, 2.05) is 0 Å². The minimum absolute atomic E-state index is 0.0271. The highest BCUT2D eigenvalue weighted by molar-refractivity contribution is 6.10. The van der Waals surface area contributed by atoms with Crippen LogP contribution in [0.4, 0.5) is 17.3 Å². The van der Waals surface area contributed by atoms with Crippen LogP contribution in [0.3, 0.4) is 0 Å². The standard InChI is InChI=1S/C17H17N7O3/c1-8(25)15(23-24-17-19-9(2)18-10(3)20-17)16(27)21-12-5-4-11-6-14(26)22-13(11)7-12/h4-5,7,15H,6H2,1-3H3,(H,21,27)(H,22,26). The van der Waals surface area contributed by atoms with Crippen molar-refractivity contribution in [3.05, 3.63) is 35.4 Å². The lowest BCUT2D eigenvalue weighted by molar-refractivity contribution is -0.126. The van der Waals surface area contributed by atoms with Gasteiger partial charge in [-0.15, -0.1) is 5.11 Å². The van der Waals surface area contributed by atoms with Crippen molar-refractivity contribution < 1.29 is 14.4 Å². The number of nitrogens with zero attached hydrogens (tertiary/aromatic N) is 5. The molecule has 138 valence electrons. The number of benzene rings is 1. The van der Waals surface area contributed by atoms with Gasteiger partial charge in [-0.3, -0.25) is 14.4 Å². The van der Waals surface area contributed by atoms with Crippen LogP contribution in [-0.4, -0.2) is 38.6 Å². The lowest BCUT2D eigenvalue weighted by Crippen LogP contribution is -2.31. The van der Waals surface area contributed by atoms with Crippen molar-refractivity contribution in [3.63, 3.8) is 0 Å². The van der Waals surface area contributed by atoms with Gasteiger partial charge in [0.05, 0.1) is 6.42 Å². The smallest absolute Gasteiger partial charge is 0.271 e. The second-order valence-electron chi connectivity index (χ2n) is 6.04. The lowest BCUT2D eigenvalue weighted by atomic mass is 10.1. The number of ketones is 1. The Morgan fingerprint density at radius 3 is 2.56 bits per heavy atom. The van der Waals surface area contributed by atoms with E-state index in [-0.39, 0.29) is 11.9 Å². The highest BCUT2D eigenvalue weighted by atomic mass is 16.2. The average Bonchev–Trinajstić information content (AvgIpc) is 2.93. The van der Waals surface area contributed by atoms with Gasteiger partial charge < -0.3 is 10.6 Å². The van der Waals surface area contributed by atoms with Gasteiger partial charge in [-0.2, -0.15) is 15.1 Å². The first-order valence-electron chi connectivity index (χ1n) is 8.16. The number of azo groups is 1. The molecule has 1 aliphatic rings. The molecule has 0 saturated carbocycles. The van der Waals surface area contributed by atoms with Crippen molar-refractivity contribution in [1.29, 1.82) is 0 Å². The number of nitrogens with one attached hydrogen (secondary N) is 2. The van der Waals surface area contributed by atoms with Crippen LogP contribution in [-0.2, 0) is 20.8 Å². The molecular formula is C17H17N7O3. The Bertz CT molecular complexity index is 951. The molecule has 10 nitrogen and oxygen atoms in total. The molecule has 2 heterocycles. The van der Waals surface area contributed by atoms with Gasteiger partial charge in [0.1, 0.15) is 11.6 Å². The number of rotatable bonds is 5. The third-order valence-corrected chi connectivity index (χ3v) is 3.75. The van der Waals surface area contributed by atoms with Gasteiger partial charge in [0, 0.05) is 11.4 Å². The molecule has 0 fully saturated rings. The maximum atomic E-state index is 12.4. The number of aromatic nitrogens is 3. The van der Waals surface area contributed by atoms with Gasteiger partial charge in [0.25, 0.3) is 11.9 Å². The summed E-state index contributed by atoms with van der Waals surface area (Å²) in [7, 11) is 0. The minimum Gasteiger partial charge on any atom is -0.325 e. The first-order valence-corrected chi connectivity index (χ1v) is 8.16. The van der Waals surface area contributed by atoms with Gasteiger partial charge in [0.2, 0.25) is 11.9 Å². The topological polar surface area (TPSA) is 139 Å². The summed E-state index contributed by atoms with van der Waals surface area (Å²) in [5.74, 6) is -0.279. The Hall–Kier alpha value is -3.56. The highest BCUT2D eigenvalue weighted by Crippen LogP contribution is 2.26. The second kappa shape index (κ2) is 7.36. The van der Waals surface area contributed by atoms with E-state index in [0.29, 0.717) is 29.4 Å². The van der Waals surface area contributed by atoms with Crippen LogP contribution in [0, 0.1) is 13.8 Å². The number of Topliss-reactive ketones (excluding diaryl/α,β-unsaturated/α-hetero) is 1. The molecular weight excluding hydrogens is 350 g/mol. The maximum absolute atomic E-state index is 12.4. The van der Waals surface area contributed by atoms with E-state index in [2.05, 4.69) is 35.8 Å². The van der Waals surface area contributed by atoms with Gasteiger partial charge >= 0.3 is 0 Å². The molecule has 3 rings (SSSR count). The molecule has 2 amide bonds. The monoisotopic (exact) mass is 367 g/mol. The summed E-state index contributed by atoms with van der Waals surface area (Å²) in [5.41, 5.74) is 1.92. The van der Waals surface area contributed by atoms with Crippen molar-refractivity contribution in [2.45, 2.75) is 33.2 Å². The largest absolute Gasteiger partial charge is 0.325 e. The zero-order valence-corrected chi connectivity index (χ0v) is 15.0. The van der Waals surface area contributed by atoms with Crippen LogP contribution >= 0.6 is 0 Å². The number of aryl methyl sites for hydroxylation is 2. The summed E-state index contributed by atoms with van der Waals surface area (Å²) < 4.78 is 0. The van der Waals surface area contributed by atoms with Crippen molar-refractivity contribution in [2.75, 3.05) is 10.6 Å². The van der Waals surface area contributed by atoms with Crippen LogP contribution in [0.2, 0.25) is 0 Å². The van der Waals surface area contributed by atoms with Crippen molar-refractivity contribution in [3.8, 4) is 0 Å². The SMILES string of the molecule is CC(=O)C(N=Nc1nc(C)nc(C)n1)C(=O)Nc1ccc2c(c1)NC(=O)C2. The van der Waals surface area contributed by atoms with Crippen LogP contribution in [0.15, 0.2) is 28.4 Å². The Balaban J connectivity index is 1.76. The fourth-order valence-electron chi connectivity index (χ4n) is 2.57. The van der Waals surface area contributed by atoms with E-state index in [1.165, 1.54) is 6.92 Å². The van der Waals surface area contributed by atoms with E-state index in [0.717, 1.165) is 5.56 Å². The fourth-order valence-corrected chi connectivity index (χ4v) is 2.57. The third-order valence-electron chi connectivity index (χ3n) is 3.75. The number of carbonyl (C=O) groups excluding carboxylic acids is 3. The van der Waals surface area contributed by atoms with Gasteiger partial charge in [-0.25, -0.2) is 4.98 Å². The number of fused-ring (bicyclic) bond motifs is 1. The predicted octanol–water partition coefficient (Wildman–Crippen LogP) is 1.66. The first-order chi connectivity index (χ1) is 12.8. The van der Waals surface area contributed by atoms with E-state index >= 15 is 0 Å². The predicted molar refractivity (Wildman–Crippen MR) is 95.7 cm³/mol. The number of anilines is 2. The molecule has 2 aromatic rings. The third kappa shape index (κ3) is 4.35. The molecule has 27 heavy (non-hydrogen) atoms. The molecule has 10 heteroatoms. The molecule has 0 aliphatic carbocycles. The number of carbonyl (C=O) groups is 3. The van der Waals surface area contributed by atoms with Crippen LogP contribution in [0.5, 0.6) is 0 Å². The van der Waals surface area contributed by atoms with Crippen molar-refractivity contribution in [1.82, 2.24) is 15.0 Å². The Kier molecular flexibility index (Phi) is 4.97. The molecule has 1 aromatic carbocycles.